The average molecular weight is 385 g/mol. The van der Waals surface area contributed by atoms with Gasteiger partial charge in [0.2, 0.25) is 0 Å². The summed E-state index contributed by atoms with van der Waals surface area (Å²) in [6.07, 6.45) is 3.49. The van der Waals surface area contributed by atoms with Gasteiger partial charge in [0.25, 0.3) is 5.91 Å². The highest BCUT2D eigenvalue weighted by Gasteiger charge is 2.24. The van der Waals surface area contributed by atoms with Gasteiger partial charge in [-0.25, -0.2) is 4.98 Å². The smallest absolute Gasteiger partial charge is 0.287 e. The number of ether oxygens (including phenoxy) is 3. The second-order valence-corrected chi connectivity index (χ2v) is 6.15. The zero-order chi connectivity index (χ0) is 20.1. The van der Waals surface area contributed by atoms with Gasteiger partial charge in [-0.3, -0.25) is 4.79 Å². The van der Waals surface area contributed by atoms with Crippen LogP contribution in [-0.4, -0.2) is 36.8 Å². The van der Waals surface area contributed by atoms with Crippen LogP contribution in [0.25, 0.3) is 0 Å². The third-order valence-electron chi connectivity index (χ3n) is 4.27. The standard InChI is InChI=1S/C20H23N3O5/c1-23-8-7-21-19(23)18(13-9-15(26-3)11-16(10-13)27-4)22-20(24)17-6-5-14(28-17)12-25-2/h5-11,18H,12H2,1-4H3,(H,22,24). The highest BCUT2D eigenvalue weighted by molar-refractivity contribution is 5.92. The molecule has 0 aliphatic carbocycles. The fourth-order valence-electron chi connectivity index (χ4n) is 2.87. The Morgan fingerprint density at radius 2 is 1.89 bits per heavy atom. The topological polar surface area (TPSA) is 87.8 Å². The lowest BCUT2D eigenvalue weighted by atomic mass is 10.0. The molecule has 0 fully saturated rings. The van der Waals surface area contributed by atoms with Crippen LogP contribution in [0.5, 0.6) is 11.5 Å². The van der Waals surface area contributed by atoms with Gasteiger partial charge >= 0.3 is 0 Å². The molecule has 0 bridgehead atoms. The predicted molar refractivity (Wildman–Crippen MR) is 101 cm³/mol. The first kappa shape index (κ1) is 19.5. The molecule has 0 saturated heterocycles. The van der Waals surface area contributed by atoms with Crippen LogP contribution in [0.15, 0.2) is 47.1 Å². The maximum Gasteiger partial charge on any atom is 0.287 e. The minimum absolute atomic E-state index is 0.195. The first-order valence-electron chi connectivity index (χ1n) is 8.64. The van der Waals surface area contributed by atoms with E-state index in [-0.39, 0.29) is 11.7 Å². The summed E-state index contributed by atoms with van der Waals surface area (Å²) >= 11 is 0. The lowest BCUT2D eigenvalue weighted by Gasteiger charge is -2.20. The molecule has 0 aliphatic heterocycles. The number of furan rings is 1. The molecule has 28 heavy (non-hydrogen) atoms. The van der Waals surface area contributed by atoms with Gasteiger partial charge in [-0.1, -0.05) is 0 Å². The molecule has 2 heterocycles. The molecule has 1 atom stereocenters. The van der Waals surface area contributed by atoms with Gasteiger partial charge in [0.1, 0.15) is 35.7 Å². The molecule has 3 rings (SSSR count). The number of rotatable bonds is 8. The average Bonchev–Trinajstić information content (AvgIpc) is 3.35. The molecule has 148 valence electrons. The van der Waals surface area contributed by atoms with E-state index in [4.69, 9.17) is 18.6 Å². The van der Waals surface area contributed by atoms with Crippen LogP contribution in [-0.2, 0) is 18.4 Å². The van der Waals surface area contributed by atoms with Crippen molar-refractivity contribution in [2.45, 2.75) is 12.6 Å². The van der Waals surface area contributed by atoms with Crippen molar-refractivity contribution in [3.63, 3.8) is 0 Å². The molecule has 1 amide bonds. The van der Waals surface area contributed by atoms with Gasteiger partial charge < -0.3 is 28.5 Å². The summed E-state index contributed by atoms with van der Waals surface area (Å²) in [5.41, 5.74) is 0.766. The number of nitrogens with one attached hydrogen (secondary N) is 1. The quantitative estimate of drug-likeness (QED) is 0.641. The number of nitrogens with zero attached hydrogens (tertiary/aromatic N) is 2. The number of carbonyl (C=O) groups excluding carboxylic acids is 1. The van der Waals surface area contributed by atoms with E-state index in [1.165, 1.54) is 0 Å². The Kier molecular flexibility index (Phi) is 6.00. The Bertz CT molecular complexity index is 925. The Labute approximate surface area is 163 Å². The highest BCUT2D eigenvalue weighted by Crippen LogP contribution is 2.29. The van der Waals surface area contributed by atoms with Crippen molar-refractivity contribution in [1.29, 1.82) is 0 Å². The fraction of sp³-hybridized carbons (Fsp3) is 0.300. The molecule has 0 radical (unpaired) electrons. The zero-order valence-electron chi connectivity index (χ0n) is 16.3. The minimum Gasteiger partial charge on any atom is -0.497 e. The zero-order valence-corrected chi connectivity index (χ0v) is 16.3. The molecular formula is C20H23N3O5. The van der Waals surface area contributed by atoms with Gasteiger partial charge in [0, 0.05) is 32.6 Å². The monoisotopic (exact) mass is 385 g/mol. The van der Waals surface area contributed by atoms with Gasteiger partial charge in [-0.05, 0) is 29.8 Å². The van der Waals surface area contributed by atoms with Crippen LogP contribution in [0.2, 0.25) is 0 Å². The number of carbonyl (C=O) groups is 1. The summed E-state index contributed by atoms with van der Waals surface area (Å²) in [5, 5.41) is 2.98. The summed E-state index contributed by atoms with van der Waals surface area (Å²) in [6.45, 7) is 0.295. The first-order valence-corrected chi connectivity index (χ1v) is 8.64. The molecule has 0 aliphatic rings. The van der Waals surface area contributed by atoms with Crippen LogP contribution < -0.4 is 14.8 Å². The van der Waals surface area contributed by atoms with Gasteiger partial charge in [-0.2, -0.15) is 0 Å². The number of hydrogen-bond donors (Lipinski definition) is 1. The van der Waals surface area contributed by atoms with E-state index >= 15 is 0 Å². The van der Waals surface area contributed by atoms with Crippen LogP contribution in [0.1, 0.15) is 33.7 Å². The van der Waals surface area contributed by atoms with Crippen LogP contribution >= 0.6 is 0 Å². The summed E-state index contributed by atoms with van der Waals surface area (Å²) in [7, 11) is 6.58. The maximum atomic E-state index is 12.8. The van der Waals surface area contributed by atoms with Crippen molar-refractivity contribution in [2.75, 3.05) is 21.3 Å². The number of aryl methyl sites for hydroxylation is 1. The van der Waals surface area contributed by atoms with E-state index in [0.717, 1.165) is 5.56 Å². The Hall–Kier alpha value is -3.26. The summed E-state index contributed by atoms with van der Waals surface area (Å²) in [5.74, 6) is 2.29. The van der Waals surface area contributed by atoms with Crippen molar-refractivity contribution >= 4 is 5.91 Å². The number of amides is 1. The van der Waals surface area contributed by atoms with Crippen LogP contribution in [0, 0.1) is 0 Å². The molecule has 0 spiro atoms. The van der Waals surface area contributed by atoms with Gasteiger partial charge in [-0.15, -0.1) is 0 Å². The highest BCUT2D eigenvalue weighted by atomic mass is 16.5. The van der Waals surface area contributed by atoms with Crippen molar-refractivity contribution in [3.05, 3.63) is 65.6 Å². The number of imidazole rings is 1. The molecule has 2 aromatic heterocycles. The summed E-state index contributed by atoms with van der Waals surface area (Å²) in [4.78, 5) is 17.2. The number of hydrogen-bond acceptors (Lipinski definition) is 6. The molecular weight excluding hydrogens is 362 g/mol. The van der Waals surface area contributed by atoms with Crippen LogP contribution in [0.3, 0.4) is 0 Å². The summed E-state index contributed by atoms with van der Waals surface area (Å²) < 4.78 is 23.1. The Morgan fingerprint density at radius 3 is 2.46 bits per heavy atom. The lowest BCUT2D eigenvalue weighted by molar-refractivity contribution is 0.0904. The number of aromatic nitrogens is 2. The minimum atomic E-state index is -0.535. The molecule has 8 heteroatoms. The van der Waals surface area contributed by atoms with E-state index in [9.17, 15) is 4.79 Å². The van der Waals surface area contributed by atoms with E-state index in [1.807, 2.05) is 29.9 Å². The lowest BCUT2D eigenvalue weighted by Crippen LogP contribution is -2.31. The second kappa shape index (κ2) is 8.62. The Balaban J connectivity index is 1.96. The van der Waals surface area contributed by atoms with E-state index < -0.39 is 6.04 Å². The molecule has 8 nitrogen and oxygen atoms in total. The molecule has 1 unspecified atom stereocenters. The molecule has 0 saturated carbocycles. The normalized spacial score (nSPS) is 11.9. The van der Waals surface area contributed by atoms with E-state index in [2.05, 4.69) is 10.3 Å². The fourth-order valence-corrected chi connectivity index (χ4v) is 2.87. The number of methoxy groups -OCH3 is 3. The summed E-state index contributed by atoms with van der Waals surface area (Å²) in [6, 6.07) is 8.23. The van der Waals surface area contributed by atoms with Gasteiger partial charge in [0.15, 0.2) is 5.76 Å². The molecule has 1 aromatic carbocycles. The largest absolute Gasteiger partial charge is 0.497 e. The SMILES string of the molecule is COCc1ccc(C(=O)NC(c2cc(OC)cc(OC)c2)c2nccn2C)o1. The first-order chi connectivity index (χ1) is 13.5. The Morgan fingerprint density at radius 1 is 1.18 bits per heavy atom. The van der Waals surface area contributed by atoms with Crippen molar-refractivity contribution in [2.24, 2.45) is 7.05 Å². The van der Waals surface area contributed by atoms with Crippen molar-refractivity contribution in [1.82, 2.24) is 14.9 Å². The molecule has 1 N–H and O–H groups in total. The molecule has 3 aromatic rings. The predicted octanol–water partition coefficient (Wildman–Crippen LogP) is 2.70. The third kappa shape index (κ3) is 4.17. The number of benzene rings is 1. The van der Waals surface area contributed by atoms with Crippen LogP contribution in [0.4, 0.5) is 0 Å². The third-order valence-corrected chi connectivity index (χ3v) is 4.27. The maximum absolute atomic E-state index is 12.8. The van der Waals surface area contributed by atoms with Crippen molar-refractivity contribution in [3.8, 4) is 11.5 Å². The van der Waals surface area contributed by atoms with Gasteiger partial charge in [0.05, 0.1) is 14.2 Å². The van der Waals surface area contributed by atoms with Crippen molar-refractivity contribution < 1.29 is 23.4 Å². The second-order valence-electron chi connectivity index (χ2n) is 6.15. The van der Waals surface area contributed by atoms with E-state index in [0.29, 0.717) is 29.7 Å². The van der Waals surface area contributed by atoms with E-state index in [1.54, 1.807) is 45.7 Å².